The highest BCUT2D eigenvalue weighted by Gasteiger charge is 2.57. The normalized spacial score (nSPS) is 23.5. The van der Waals surface area contributed by atoms with E-state index < -0.39 is 23.7 Å². The van der Waals surface area contributed by atoms with Gasteiger partial charge in [0, 0.05) is 38.0 Å². The monoisotopic (exact) mass is 400 g/mol. The number of pyridine rings is 1. The highest BCUT2D eigenvalue weighted by atomic mass is 19.3. The van der Waals surface area contributed by atoms with Gasteiger partial charge in [0.1, 0.15) is 5.69 Å². The summed E-state index contributed by atoms with van der Waals surface area (Å²) in [6, 6.07) is 6.07. The molecule has 150 valence electrons. The third-order valence-electron chi connectivity index (χ3n) is 5.65. The van der Waals surface area contributed by atoms with Crippen molar-refractivity contribution in [2.45, 2.75) is 31.2 Å². The number of aromatic nitrogens is 3. The number of rotatable bonds is 4. The zero-order valence-electron chi connectivity index (χ0n) is 15.4. The zero-order chi connectivity index (χ0) is 20.2. The average molecular weight is 400 g/mol. The van der Waals surface area contributed by atoms with E-state index in [9.17, 15) is 18.4 Å². The predicted octanol–water partition coefficient (Wildman–Crippen LogP) is 2.73. The second kappa shape index (κ2) is 6.43. The molecule has 1 saturated heterocycles. The highest BCUT2D eigenvalue weighted by Crippen LogP contribution is 2.51. The molecular formula is C19H18F2N6O2. The number of carbonyl (C=O) groups is 2. The number of Topliss-reactive ketones (excluding diaryl/α,β-unsaturated/α-hetero) is 1. The molecule has 0 spiro atoms. The minimum absolute atomic E-state index is 0.0928. The van der Waals surface area contributed by atoms with Gasteiger partial charge >= 0.3 is 6.03 Å². The van der Waals surface area contributed by atoms with Crippen molar-refractivity contribution in [1.82, 2.24) is 15.2 Å². The first-order valence-corrected chi connectivity index (χ1v) is 9.47. The lowest BCUT2D eigenvalue weighted by Crippen LogP contribution is -2.48. The van der Waals surface area contributed by atoms with Crippen molar-refractivity contribution in [2.24, 2.45) is 5.92 Å². The molecule has 0 radical (unpaired) electrons. The zero-order valence-corrected chi connectivity index (χ0v) is 15.4. The smallest absolute Gasteiger partial charge is 0.329 e. The standard InChI is InChI=1S/C19H18F2N6O2/c20-19(21)9-11(19)8-15(28)13-3-4-14-17(23-13)27(12-5-7-26(14)10-12)18(29)24-16-2-1-6-22-25-16/h1-4,6,11-12H,5,7-10H2,(H,24,25,29)/t11?,12-/m0/s1. The molecule has 5 rings (SSSR count). The van der Waals surface area contributed by atoms with Crippen LogP contribution in [0.1, 0.15) is 29.8 Å². The fraction of sp³-hybridized carbons (Fsp3) is 0.421. The Bertz CT molecular complexity index is 986. The van der Waals surface area contributed by atoms with Gasteiger partial charge in [-0.1, -0.05) is 0 Å². The van der Waals surface area contributed by atoms with Gasteiger partial charge < -0.3 is 4.90 Å². The largest absolute Gasteiger partial charge is 0.366 e. The SMILES string of the molecule is O=C(CC1CC1(F)F)c1ccc2c(n1)N(C(=O)Nc1cccnn1)[C@H]1CCN2C1. The molecule has 2 aromatic rings. The molecule has 10 heteroatoms. The quantitative estimate of drug-likeness (QED) is 0.794. The van der Waals surface area contributed by atoms with Crippen LogP contribution in [0.3, 0.4) is 0 Å². The maximum absolute atomic E-state index is 13.2. The molecule has 2 amide bonds. The van der Waals surface area contributed by atoms with Gasteiger partial charge in [-0.2, -0.15) is 5.10 Å². The summed E-state index contributed by atoms with van der Waals surface area (Å²) in [7, 11) is 0. The van der Waals surface area contributed by atoms with E-state index in [0.717, 1.165) is 18.7 Å². The number of nitrogens with zero attached hydrogens (tertiary/aromatic N) is 5. The number of anilines is 3. The minimum atomic E-state index is -2.75. The second-order valence-corrected chi connectivity index (χ2v) is 7.63. The molecule has 1 aliphatic carbocycles. The van der Waals surface area contributed by atoms with Crippen molar-refractivity contribution in [2.75, 3.05) is 28.2 Å². The number of urea groups is 1. The third kappa shape index (κ3) is 3.18. The fourth-order valence-electron chi connectivity index (χ4n) is 3.98. The molecular weight excluding hydrogens is 382 g/mol. The van der Waals surface area contributed by atoms with Crippen molar-refractivity contribution in [3.8, 4) is 0 Å². The van der Waals surface area contributed by atoms with Crippen molar-refractivity contribution in [3.05, 3.63) is 36.2 Å². The van der Waals surface area contributed by atoms with Gasteiger partial charge in [-0.3, -0.25) is 15.0 Å². The van der Waals surface area contributed by atoms with E-state index in [1.54, 1.807) is 24.3 Å². The molecule has 2 aromatic heterocycles. The molecule has 8 nitrogen and oxygen atoms in total. The van der Waals surface area contributed by atoms with Crippen LogP contribution < -0.4 is 15.1 Å². The number of fused-ring (bicyclic) bond motifs is 4. The third-order valence-corrected chi connectivity index (χ3v) is 5.65. The summed E-state index contributed by atoms with van der Waals surface area (Å²) in [5.74, 6) is -3.42. The van der Waals surface area contributed by atoms with Crippen LogP contribution in [-0.2, 0) is 0 Å². The first-order valence-electron chi connectivity index (χ1n) is 9.47. The molecule has 2 atom stereocenters. The van der Waals surface area contributed by atoms with Crippen LogP contribution in [0.25, 0.3) is 0 Å². The average Bonchev–Trinajstić information content (AvgIpc) is 3.09. The van der Waals surface area contributed by atoms with Crippen molar-refractivity contribution >= 4 is 29.1 Å². The number of halogens is 2. The van der Waals surface area contributed by atoms with Crippen molar-refractivity contribution in [1.29, 1.82) is 0 Å². The van der Waals surface area contributed by atoms with Crippen LogP contribution in [0, 0.1) is 5.92 Å². The molecule has 2 bridgehead atoms. The number of carbonyl (C=O) groups excluding carboxylic acids is 2. The second-order valence-electron chi connectivity index (χ2n) is 7.63. The summed E-state index contributed by atoms with van der Waals surface area (Å²) in [5.41, 5.74) is 0.854. The van der Waals surface area contributed by atoms with Crippen LogP contribution in [0.15, 0.2) is 30.5 Å². The fourth-order valence-corrected chi connectivity index (χ4v) is 3.98. The summed E-state index contributed by atoms with van der Waals surface area (Å²) in [6.45, 7) is 1.44. The number of hydrogen-bond donors (Lipinski definition) is 1. The lowest BCUT2D eigenvalue weighted by molar-refractivity contribution is 0.0830. The number of amides is 2. The molecule has 0 aromatic carbocycles. The summed E-state index contributed by atoms with van der Waals surface area (Å²) < 4.78 is 26.4. The molecule has 4 heterocycles. The molecule has 1 saturated carbocycles. The van der Waals surface area contributed by atoms with Gasteiger partial charge in [-0.25, -0.2) is 18.6 Å². The van der Waals surface area contributed by atoms with Crippen LogP contribution in [0.5, 0.6) is 0 Å². The van der Waals surface area contributed by atoms with E-state index in [-0.39, 0.29) is 24.6 Å². The van der Waals surface area contributed by atoms with Gasteiger partial charge in [0.2, 0.25) is 0 Å². The molecule has 1 N–H and O–H groups in total. The summed E-state index contributed by atoms with van der Waals surface area (Å²) >= 11 is 0. The summed E-state index contributed by atoms with van der Waals surface area (Å²) in [5, 5.41) is 10.3. The molecule has 2 aliphatic heterocycles. The Balaban J connectivity index is 1.44. The minimum Gasteiger partial charge on any atom is -0.366 e. The van der Waals surface area contributed by atoms with Gasteiger partial charge in [0.15, 0.2) is 17.4 Å². The molecule has 29 heavy (non-hydrogen) atoms. The van der Waals surface area contributed by atoms with Gasteiger partial charge in [0.25, 0.3) is 5.92 Å². The Morgan fingerprint density at radius 2 is 2.10 bits per heavy atom. The van der Waals surface area contributed by atoms with Crippen molar-refractivity contribution < 1.29 is 18.4 Å². The van der Waals surface area contributed by atoms with Crippen molar-refractivity contribution in [3.63, 3.8) is 0 Å². The first-order chi connectivity index (χ1) is 13.9. The lowest BCUT2D eigenvalue weighted by Gasteiger charge is -2.35. The first kappa shape index (κ1) is 17.9. The maximum Gasteiger partial charge on any atom is 0.329 e. The Kier molecular flexibility index (Phi) is 3.97. The van der Waals surface area contributed by atoms with Crippen LogP contribution in [-0.4, -0.2) is 52.0 Å². The van der Waals surface area contributed by atoms with E-state index in [1.807, 2.05) is 0 Å². The molecule has 3 aliphatic rings. The van der Waals surface area contributed by atoms with E-state index >= 15 is 0 Å². The summed E-state index contributed by atoms with van der Waals surface area (Å²) in [6.07, 6.45) is 1.77. The topological polar surface area (TPSA) is 91.3 Å². The van der Waals surface area contributed by atoms with Gasteiger partial charge in [-0.05, 0) is 30.7 Å². The van der Waals surface area contributed by atoms with E-state index in [4.69, 9.17) is 0 Å². The number of hydrogen-bond acceptors (Lipinski definition) is 6. The van der Waals surface area contributed by atoms with Crippen LogP contribution in [0.2, 0.25) is 0 Å². The van der Waals surface area contributed by atoms with Crippen LogP contribution in [0.4, 0.5) is 30.9 Å². The highest BCUT2D eigenvalue weighted by molar-refractivity contribution is 6.05. The number of ketones is 1. The molecule has 1 unspecified atom stereocenters. The Labute approximate surface area is 164 Å². The van der Waals surface area contributed by atoms with E-state index in [1.165, 1.54) is 11.1 Å². The Hall–Kier alpha value is -3.17. The Morgan fingerprint density at radius 1 is 1.28 bits per heavy atom. The van der Waals surface area contributed by atoms with Gasteiger partial charge in [0.05, 0.1) is 11.7 Å². The van der Waals surface area contributed by atoms with E-state index in [0.29, 0.717) is 18.2 Å². The maximum atomic E-state index is 13.2. The molecule has 2 fully saturated rings. The van der Waals surface area contributed by atoms with Crippen LogP contribution >= 0.6 is 0 Å². The Morgan fingerprint density at radius 3 is 2.83 bits per heavy atom. The summed E-state index contributed by atoms with van der Waals surface area (Å²) in [4.78, 5) is 33.5. The van der Waals surface area contributed by atoms with Gasteiger partial charge in [-0.15, -0.1) is 5.10 Å². The predicted molar refractivity (Wildman–Crippen MR) is 100 cm³/mol. The number of nitrogens with one attached hydrogen (secondary N) is 1. The lowest BCUT2D eigenvalue weighted by atomic mass is 10.1. The van der Waals surface area contributed by atoms with E-state index in [2.05, 4.69) is 25.4 Å². The number of alkyl halides is 2.